The molecule has 0 aliphatic carbocycles. The third-order valence-corrected chi connectivity index (χ3v) is 3.91. The standard InChI is InChI=1S/C14H15Br2F3N2/c1-3-4-11(15)12(14(17,18)19)13(16)21-9(2)10-5-7-20-8-6-10/h4-7,20H,3,8H2,1-2H3/b11-4-,13-12+,21-9+. The number of dihydropyridines is 1. The summed E-state index contributed by atoms with van der Waals surface area (Å²) in [6.07, 6.45) is 2.83. The molecule has 21 heavy (non-hydrogen) atoms. The van der Waals surface area contributed by atoms with Gasteiger partial charge in [0.1, 0.15) is 10.2 Å². The van der Waals surface area contributed by atoms with Crippen LogP contribution in [0.3, 0.4) is 0 Å². The van der Waals surface area contributed by atoms with Crippen molar-refractivity contribution in [3.05, 3.63) is 44.7 Å². The van der Waals surface area contributed by atoms with Gasteiger partial charge in [0.05, 0.1) is 0 Å². The molecule has 0 amide bonds. The molecule has 116 valence electrons. The maximum absolute atomic E-state index is 13.2. The van der Waals surface area contributed by atoms with Crippen LogP contribution in [0.15, 0.2) is 49.7 Å². The molecule has 0 radical (unpaired) electrons. The minimum Gasteiger partial charge on any atom is -0.387 e. The molecule has 0 aromatic rings. The van der Waals surface area contributed by atoms with Gasteiger partial charge in [0, 0.05) is 16.7 Å². The first-order chi connectivity index (χ1) is 9.77. The van der Waals surface area contributed by atoms with Crippen molar-refractivity contribution >= 4 is 37.6 Å². The van der Waals surface area contributed by atoms with Gasteiger partial charge in [0.25, 0.3) is 0 Å². The quantitative estimate of drug-likeness (QED) is 0.365. The van der Waals surface area contributed by atoms with Crippen molar-refractivity contribution in [3.8, 4) is 0 Å². The van der Waals surface area contributed by atoms with Crippen molar-refractivity contribution in [1.82, 2.24) is 5.32 Å². The van der Waals surface area contributed by atoms with Gasteiger partial charge in [-0.25, -0.2) is 4.99 Å². The van der Waals surface area contributed by atoms with E-state index in [0.29, 0.717) is 18.7 Å². The van der Waals surface area contributed by atoms with Gasteiger partial charge in [-0.3, -0.25) is 0 Å². The predicted molar refractivity (Wildman–Crippen MR) is 87.6 cm³/mol. The summed E-state index contributed by atoms with van der Waals surface area (Å²) in [6, 6.07) is 0. The second-order valence-corrected chi connectivity index (χ2v) is 5.83. The van der Waals surface area contributed by atoms with Crippen molar-refractivity contribution in [2.45, 2.75) is 26.4 Å². The molecule has 1 N–H and O–H groups in total. The molecule has 2 nitrogen and oxygen atoms in total. The molecule has 1 aliphatic heterocycles. The van der Waals surface area contributed by atoms with E-state index < -0.39 is 11.7 Å². The average Bonchev–Trinajstić information content (AvgIpc) is 2.38. The van der Waals surface area contributed by atoms with Crippen LogP contribution in [0, 0.1) is 0 Å². The van der Waals surface area contributed by atoms with Gasteiger partial charge in [0.2, 0.25) is 0 Å². The highest BCUT2D eigenvalue weighted by Crippen LogP contribution is 2.39. The van der Waals surface area contributed by atoms with Crippen LogP contribution in [0.5, 0.6) is 0 Å². The Morgan fingerprint density at radius 1 is 1.43 bits per heavy atom. The van der Waals surface area contributed by atoms with Crippen molar-refractivity contribution in [3.63, 3.8) is 0 Å². The molecule has 0 aromatic carbocycles. The number of alkyl halides is 3. The molecule has 0 fully saturated rings. The Labute approximate surface area is 138 Å². The van der Waals surface area contributed by atoms with Gasteiger partial charge < -0.3 is 5.32 Å². The summed E-state index contributed by atoms with van der Waals surface area (Å²) in [5, 5.41) is 2.97. The number of hydrogen-bond acceptors (Lipinski definition) is 2. The fourth-order valence-corrected chi connectivity index (χ4v) is 3.33. The molecule has 0 spiro atoms. The van der Waals surface area contributed by atoms with Gasteiger partial charge in [0.15, 0.2) is 0 Å². The summed E-state index contributed by atoms with van der Waals surface area (Å²) in [7, 11) is 0. The van der Waals surface area contributed by atoms with Crippen LogP contribution >= 0.6 is 31.9 Å². The Bertz CT molecular complexity index is 541. The van der Waals surface area contributed by atoms with E-state index in [1.165, 1.54) is 6.08 Å². The molecule has 0 saturated carbocycles. The summed E-state index contributed by atoms with van der Waals surface area (Å²) in [4.78, 5) is 4.05. The zero-order chi connectivity index (χ0) is 16.0. The molecular formula is C14H15Br2F3N2. The normalized spacial score (nSPS) is 18.1. The monoisotopic (exact) mass is 426 g/mol. The zero-order valence-electron chi connectivity index (χ0n) is 11.6. The van der Waals surface area contributed by atoms with E-state index in [1.54, 1.807) is 26.1 Å². The molecule has 0 bridgehead atoms. The molecule has 0 aromatic heterocycles. The van der Waals surface area contributed by atoms with E-state index in [0.717, 1.165) is 5.57 Å². The van der Waals surface area contributed by atoms with Crippen LogP contribution in [0.25, 0.3) is 0 Å². The summed E-state index contributed by atoms with van der Waals surface area (Å²) >= 11 is 5.92. The average molecular weight is 428 g/mol. The van der Waals surface area contributed by atoms with E-state index in [1.807, 2.05) is 6.08 Å². The predicted octanol–water partition coefficient (Wildman–Crippen LogP) is 5.35. The largest absolute Gasteiger partial charge is 0.420 e. The second-order valence-electron chi connectivity index (χ2n) is 4.22. The van der Waals surface area contributed by atoms with E-state index in [9.17, 15) is 13.2 Å². The first-order valence-corrected chi connectivity index (χ1v) is 7.84. The molecule has 1 rings (SSSR count). The summed E-state index contributed by atoms with van der Waals surface area (Å²) in [6.45, 7) is 4.07. The Kier molecular flexibility index (Phi) is 6.93. The maximum atomic E-state index is 13.2. The van der Waals surface area contributed by atoms with Gasteiger partial charge in [-0.1, -0.05) is 35.0 Å². The van der Waals surface area contributed by atoms with Crippen LogP contribution in [-0.2, 0) is 0 Å². The number of aliphatic imine (C=N–C) groups is 1. The van der Waals surface area contributed by atoms with Gasteiger partial charge in [-0.2, -0.15) is 13.2 Å². The van der Waals surface area contributed by atoms with Gasteiger partial charge in [-0.15, -0.1) is 0 Å². The fourth-order valence-electron chi connectivity index (χ4n) is 1.62. The van der Waals surface area contributed by atoms with E-state index in [4.69, 9.17) is 0 Å². The molecular weight excluding hydrogens is 413 g/mol. The molecule has 1 heterocycles. The van der Waals surface area contributed by atoms with Crippen LogP contribution in [0.1, 0.15) is 20.3 Å². The Morgan fingerprint density at radius 2 is 2.10 bits per heavy atom. The van der Waals surface area contributed by atoms with Gasteiger partial charge >= 0.3 is 6.18 Å². The summed E-state index contributed by atoms with van der Waals surface area (Å²) in [5.74, 6) is 0. The zero-order valence-corrected chi connectivity index (χ0v) is 14.7. The van der Waals surface area contributed by atoms with Crippen molar-refractivity contribution in [2.24, 2.45) is 4.99 Å². The SMILES string of the molecule is CC/C=C(Br)/C(=C(Br)\N=C(/C)C1=CCNC=C1)C(F)(F)F. The van der Waals surface area contributed by atoms with Crippen LogP contribution in [0.2, 0.25) is 0 Å². The van der Waals surface area contributed by atoms with Crippen molar-refractivity contribution in [1.29, 1.82) is 0 Å². The first kappa shape index (κ1) is 18.2. The fraction of sp³-hybridized carbons (Fsp3) is 0.357. The highest BCUT2D eigenvalue weighted by Gasteiger charge is 2.38. The minimum absolute atomic E-state index is 0.0178. The van der Waals surface area contributed by atoms with Crippen LogP contribution in [0.4, 0.5) is 13.2 Å². The lowest BCUT2D eigenvalue weighted by molar-refractivity contribution is -0.0888. The molecule has 0 saturated heterocycles. The number of hydrogen-bond donors (Lipinski definition) is 1. The van der Waals surface area contributed by atoms with E-state index in [-0.39, 0.29) is 9.09 Å². The van der Waals surface area contributed by atoms with Crippen molar-refractivity contribution in [2.75, 3.05) is 6.54 Å². The maximum Gasteiger partial charge on any atom is 0.420 e. The highest BCUT2D eigenvalue weighted by atomic mass is 79.9. The summed E-state index contributed by atoms with van der Waals surface area (Å²) < 4.78 is 39.3. The molecule has 0 atom stereocenters. The lowest BCUT2D eigenvalue weighted by atomic mass is 10.1. The lowest BCUT2D eigenvalue weighted by Gasteiger charge is -2.13. The highest BCUT2D eigenvalue weighted by molar-refractivity contribution is 9.12. The Hall–Kier alpha value is -0.820. The minimum atomic E-state index is -4.49. The van der Waals surface area contributed by atoms with Gasteiger partial charge in [-0.05, 0) is 47.1 Å². The van der Waals surface area contributed by atoms with E-state index in [2.05, 4.69) is 42.2 Å². The Morgan fingerprint density at radius 3 is 2.57 bits per heavy atom. The van der Waals surface area contributed by atoms with Crippen LogP contribution in [-0.4, -0.2) is 18.4 Å². The topological polar surface area (TPSA) is 24.4 Å². The Balaban J connectivity index is 3.25. The third-order valence-electron chi connectivity index (χ3n) is 2.62. The number of halogens is 5. The molecule has 1 aliphatic rings. The number of allylic oxidation sites excluding steroid dienone is 5. The van der Waals surface area contributed by atoms with E-state index >= 15 is 0 Å². The smallest absolute Gasteiger partial charge is 0.387 e. The molecule has 0 unspecified atom stereocenters. The third kappa shape index (κ3) is 5.47. The van der Waals surface area contributed by atoms with Crippen molar-refractivity contribution < 1.29 is 13.2 Å². The molecule has 7 heteroatoms. The lowest BCUT2D eigenvalue weighted by Crippen LogP contribution is -2.14. The number of nitrogens with one attached hydrogen (secondary N) is 1. The number of rotatable bonds is 4. The number of nitrogens with zero attached hydrogens (tertiary/aromatic N) is 1. The summed E-state index contributed by atoms with van der Waals surface area (Å²) in [5.41, 5.74) is 0.489. The second kappa shape index (κ2) is 7.98. The first-order valence-electron chi connectivity index (χ1n) is 6.26. The van der Waals surface area contributed by atoms with Crippen LogP contribution < -0.4 is 5.32 Å².